The van der Waals surface area contributed by atoms with Crippen LogP contribution in [-0.2, 0) is 9.59 Å². The molecule has 0 aromatic heterocycles. The molecule has 1 aromatic carbocycles. The number of urea groups is 1. The van der Waals surface area contributed by atoms with Crippen LogP contribution in [0.15, 0.2) is 30.3 Å². The minimum atomic E-state index is -0.123. The van der Waals surface area contributed by atoms with Crippen molar-refractivity contribution < 1.29 is 14.4 Å². The van der Waals surface area contributed by atoms with Gasteiger partial charge in [0, 0.05) is 71.1 Å². The number of hydrogen-bond acceptors (Lipinski definition) is 5. The van der Waals surface area contributed by atoms with E-state index < -0.39 is 0 Å². The van der Waals surface area contributed by atoms with E-state index in [9.17, 15) is 14.4 Å². The van der Waals surface area contributed by atoms with E-state index in [0.29, 0.717) is 51.1 Å². The molecule has 35 heavy (non-hydrogen) atoms. The topological polar surface area (TPSA) is 79.4 Å². The van der Waals surface area contributed by atoms with Crippen LogP contribution in [0.3, 0.4) is 0 Å². The predicted molar refractivity (Wildman–Crippen MR) is 136 cm³/mol. The quantitative estimate of drug-likeness (QED) is 0.685. The van der Waals surface area contributed by atoms with Crippen molar-refractivity contribution in [3.8, 4) is 0 Å². The molecule has 0 bridgehead atoms. The normalized spacial score (nSPS) is 24.3. The molecule has 3 heterocycles. The standard InChI is InChI=1S/C26H40N6O3/c1-21-16-22(2)18-32(17-21)25(34)20-29-10-8-28(9-11-29)19-24(33)30-12-14-31(15-13-30)26(35)27-23-6-4-3-5-7-23/h3-7,21-22H,8-20H2,1-2H3,(H,27,35). The maximum atomic E-state index is 12.9. The number of benzene rings is 1. The SMILES string of the molecule is CC1CC(C)CN(C(=O)CN2CCN(CC(=O)N3CCN(C(=O)Nc4ccccc4)CC3)CC2)C1. The van der Waals surface area contributed by atoms with E-state index in [0.717, 1.165) is 45.0 Å². The lowest BCUT2D eigenvalue weighted by Crippen LogP contribution is -2.56. The molecule has 3 fully saturated rings. The summed E-state index contributed by atoms with van der Waals surface area (Å²) in [4.78, 5) is 48.2. The van der Waals surface area contributed by atoms with E-state index in [1.54, 1.807) is 4.90 Å². The Balaban J connectivity index is 1.14. The zero-order valence-electron chi connectivity index (χ0n) is 21.2. The van der Waals surface area contributed by atoms with Gasteiger partial charge in [0.05, 0.1) is 13.1 Å². The molecular weight excluding hydrogens is 444 g/mol. The van der Waals surface area contributed by atoms with Gasteiger partial charge in [0.2, 0.25) is 11.8 Å². The molecule has 1 N–H and O–H groups in total. The van der Waals surface area contributed by atoms with Crippen LogP contribution in [0.4, 0.5) is 10.5 Å². The average Bonchev–Trinajstić information content (AvgIpc) is 2.85. The number of likely N-dealkylation sites (tertiary alicyclic amines) is 1. The molecule has 0 spiro atoms. The highest BCUT2D eigenvalue weighted by Crippen LogP contribution is 2.21. The second-order valence-electron chi connectivity index (χ2n) is 10.5. The minimum absolute atomic E-state index is 0.119. The van der Waals surface area contributed by atoms with Gasteiger partial charge < -0.3 is 20.0 Å². The zero-order valence-corrected chi connectivity index (χ0v) is 21.2. The van der Waals surface area contributed by atoms with Crippen molar-refractivity contribution in [2.45, 2.75) is 20.3 Å². The van der Waals surface area contributed by atoms with Gasteiger partial charge in [0.1, 0.15) is 0 Å². The minimum Gasteiger partial charge on any atom is -0.341 e. The van der Waals surface area contributed by atoms with E-state index in [-0.39, 0.29) is 17.8 Å². The summed E-state index contributed by atoms with van der Waals surface area (Å²) in [5.74, 6) is 1.51. The summed E-state index contributed by atoms with van der Waals surface area (Å²) in [7, 11) is 0. The van der Waals surface area contributed by atoms with Crippen LogP contribution in [0.25, 0.3) is 0 Å². The molecule has 4 amide bonds. The number of hydrogen-bond donors (Lipinski definition) is 1. The van der Waals surface area contributed by atoms with Crippen LogP contribution in [0.5, 0.6) is 0 Å². The molecule has 0 saturated carbocycles. The summed E-state index contributed by atoms with van der Waals surface area (Å²) >= 11 is 0. The van der Waals surface area contributed by atoms with Crippen LogP contribution >= 0.6 is 0 Å². The molecule has 192 valence electrons. The van der Waals surface area contributed by atoms with Gasteiger partial charge in [0.25, 0.3) is 0 Å². The Morgan fingerprint density at radius 1 is 0.714 bits per heavy atom. The average molecular weight is 485 g/mol. The number of carbonyl (C=O) groups is 3. The lowest BCUT2D eigenvalue weighted by molar-refractivity contribution is -0.137. The van der Waals surface area contributed by atoms with Crippen LogP contribution in [0, 0.1) is 11.8 Å². The van der Waals surface area contributed by atoms with Gasteiger partial charge in [-0.15, -0.1) is 0 Å². The molecule has 4 rings (SSSR count). The number of rotatable bonds is 5. The molecule has 3 aliphatic rings. The van der Waals surface area contributed by atoms with Crippen LogP contribution in [0.2, 0.25) is 0 Å². The van der Waals surface area contributed by atoms with E-state index in [1.807, 2.05) is 40.1 Å². The second-order valence-corrected chi connectivity index (χ2v) is 10.5. The number of nitrogens with one attached hydrogen (secondary N) is 1. The summed E-state index contributed by atoms with van der Waals surface area (Å²) in [6.45, 7) is 12.5. The molecule has 0 aliphatic carbocycles. The molecule has 3 saturated heterocycles. The van der Waals surface area contributed by atoms with Gasteiger partial charge >= 0.3 is 6.03 Å². The van der Waals surface area contributed by atoms with Crippen molar-refractivity contribution in [2.75, 3.05) is 83.9 Å². The Morgan fingerprint density at radius 2 is 1.20 bits per heavy atom. The predicted octanol–water partition coefficient (Wildman–Crippen LogP) is 1.48. The summed E-state index contributed by atoms with van der Waals surface area (Å²) in [5, 5.41) is 2.91. The van der Waals surface area contributed by atoms with Crippen molar-refractivity contribution in [3.05, 3.63) is 30.3 Å². The maximum absolute atomic E-state index is 12.9. The fraction of sp³-hybridized carbons (Fsp3) is 0.654. The number of para-hydroxylation sites is 1. The van der Waals surface area contributed by atoms with Gasteiger partial charge in [-0.05, 0) is 30.4 Å². The van der Waals surface area contributed by atoms with Gasteiger partial charge in [-0.2, -0.15) is 0 Å². The first-order valence-corrected chi connectivity index (χ1v) is 13.0. The van der Waals surface area contributed by atoms with E-state index in [4.69, 9.17) is 0 Å². The highest BCUT2D eigenvalue weighted by molar-refractivity contribution is 5.89. The maximum Gasteiger partial charge on any atom is 0.321 e. The Hall–Kier alpha value is -2.65. The summed E-state index contributed by atoms with van der Waals surface area (Å²) in [6, 6.07) is 9.29. The van der Waals surface area contributed by atoms with Gasteiger partial charge in [-0.3, -0.25) is 19.4 Å². The number of amides is 4. The third-order valence-electron chi connectivity index (χ3n) is 7.35. The number of piperazine rings is 2. The van der Waals surface area contributed by atoms with Gasteiger partial charge in [-0.25, -0.2) is 4.79 Å². The zero-order chi connectivity index (χ0) is 24.8. The number of carbonyl (C=O) groups excluding carboxylic acids is 3. The highest BCUT2D eigenvalue weighted by Gasteiger charge is 2.29. The first-order valence-electron chi connectivity index (χ1n) is 13.0. The third-order valence-corrected chi connectivity index (χ3v) is 7.35. The number of nitrogens with zero attached hydrogens (tertiary/aromatic N) is 5. The molecule has 9 nitrogen and oxygen atoms in total. The fourth-order valence-corrected chi connectivity index (χ4v) is 5.44. The molecule has 3 aliphatic heterocycles. The van der Waals surface area contributed by atoms with Crippen molar-refractivity contribution in [1.82, 2.24) is 24.5 Å². The number of piperidine rings is 1. The Labute approximate surface area is 209 Å². The van der Waals surface area contributed by atoms with Gasteiger partial charge in [-0.1, -0.05) is 32.0 Å². The number of anilines is 1. The lowest BCUT2D eigenvalue weighted by atomic mass is 9.92. The lowest BCUT2D eigenvalue weighted by Gasteiger charge is -2.39. The summed E-state index contributed by atoms with van der Waals surface area (Å²) in [6.07, 6.45) is 1.20. The van der Waals surface area contributed by atoms with Crippen molar-refractivity contribution in [3.63, 3.8) is 0 Å². The van der Waals surface area contributed by atoms with Crippen molar-refractivity contribution in [2.24, 2.45) is 11.8 Å². The summed E-state index contributed by atoms with van der Waals surface area (Å²) in [5.41, 5.74) is 0.775. The van der Waals surface area contributed by atoms with Crippen LogP contribution < -0.4 is 5.32 Å². The van der Waals surface area contributed by atoms with Crippen LogP contribution in [-0.4, -0.2) is 121 Å². The van der Waals surface area contributed by atoms with Crippen molar-refractivity contribution >= 4 is 23.5 Å². The molecule has 0 radical (unpaired) electrons. The Bertz CT molecular complexity index is 855. The van der Waals surface area contributed by atoms with Crippen LogP contribution in [0.1, 0.15) is 20.3 Å². The fourth-order valence-electron chi connectivity index (χ4n) is 5.44. The molecule has 9 heteroatoms. The molecule has 2 unspecified atom stereocenters. The first kappa shape index (κ1) is 25.4. The molecule has 2 atom stereocenters. The highest BCUT2D eigenvalue weighted by atomic mass is 16.2. The second kappa shape index (κ2) is 11.9. The smallest absolute Gasteiger partial charge is 0.321 e. The van der Waals surface area contributed by atoms with Crippen molar-refractivity contribution in [1.29, 1.82) is 0 Å². The van der Waals surface area contributed by atoms with E-state index >= 15 is 0 Å². The monoisotopic (exact) mass is 484 g/mol. The van der Waals surface area contributed by atoms with E-state index in [1.165, 1.54) is 6.42 Å². The Kier molecular flexibility index (Phi) is 8.62. The first-order chi connectivity index (χ1) is 16.9. The van der Waals surface area contributed by atoms with E-state index in [2.05, 4.69) is 29.0 Å². The largest absolute Gasteiger partial charge is 0.341 e. The molecule has 1 aromatic rings. The summed E-state index contributed by atoms with van der Waals surface area (Å²) < 4.78 is 0. The third kappa shape index (κ3) is 7.18. The Morgan fingerprint density at radius 3 is 1.74 bits per heavy atom. The molecular formula is C26H40N6O3. The van der Waals surface area contributed by atoms with Gasteiger partial charge in [0.15, 0.2) is 0 Å².